The predicted octanol–water partition coefficient (Wildman–Crippen LogP) is 2.80. The van der Waals surface area contributed by atoms with E-state index in [1.807, 2.05) is 35.1 Å². The van der Waals surface area contributed by atoms with Gasteiger partial charge in [0.05, 0.1) is 5.52 Å². The van der Waals surface area contributed by atoms with Crippen molar-refractivity contribution in [3.05, 3.63) is 46.1 Å². The summed E-state index contributed by atoms with van der Waals surface area (Å²) >= 11 is 0. The molecule has 0 aliphatic heterocycles. The van der Waals surface area contributed by atoms with Crippen molar-refractivity contribution in [2.45, 2.75) is 26.2 Å². The summed E-state index contributed by atoms with van der Waals surface area (Å²) < 4.78 is 1.99. The molecular formula is C14H19N3O2. The van der Waals surface area contributed by atoms with Crippen molar-refractivity contribution >= 4 is 10.9 Å². The van der Waals surface area contributed by atoms with Gasteiger partial charge in [0.15, 0.2) is 0 Å². The number of nitrogens with zero attached hydrogens (tertiary/aromatic N) is 2. The minimum absolute atomic E-state index is 0.0248. The SMILES string of the molecule is CCCCNn1cc(CC[N+](=O)[O-])c2ccccc21. The first-order chi connectivity index (χ1) is 9.22. The Bertz CT molecular complexity index is 563. The van der Waals surface area contributed by atoms with Gasteiger partial charge in [-0.15, -0.1) is 0 Å². The highest BCUT2D eigenvalue weighted by atomic mass is 16.6. The van der Waals surface area contributed by atoms with Crippen LogP contribution in [0.5, 0.6) is 0 Å². The van der Waals surface area contributed by atoms with Crippen LogP contribution >= 0.6 is 0 Å². The molecule has 0 atom stereocenters. The Kier molecular flexibility index (Phi) is 4.39. The highest BCUT2D eigenvalue weighted by molar-refractivity contribution is 5.84. The summed E-state index contributed by atoms with van der Waals surface area (Å²) in [7, 11) is 0. The van der Waals surface area contributed by atoms with Gasteiger partial charge in [0.2, 0.25) is 6.54 Å². The Hall–Kier alpha value is -2.04. The van der Waals surface area contributed by atoms with E-state index >= 15 is 0 Å². The van der Waals surface area contributed by atoms with E-state index in [9.17, 15) is 10.1 Å². The molecule has 1 N–H and O–H groups in total. The van der Waals surface area contributed by atoms with Crippen LogP contribution < -0.4 is 5.43 Å². The van der Waals surface area contributed by atoms with Gasteiger partial charge < -0.3 is 5.43 Å². The average molecular weight is 261 g/mol. The van der Waals surface area contributed by atoms with Crippen molar-refractivity contribution in [3.8, 4) is 0 Å². The van der Waals surface area contributed by atoms with E-state index in [2.05, 4.69) is 12.3 Å². The van der Waals surface area contributed by atoms with Crippen molar-refractivity contribution in [2.75, 3.05) is 18.5 Å². The first-order valence-electron chi connectivity index (χ1n) is 6.67. The maximum Gasteiger partial charge on any atom is 0.207 e. The zero-order valence-corrected chi connectivity index (χ0v) is 11.1. The van der Waals surface area contributed by atoms with E-state index in [1.54, 1.807) is 0 Å². The topological polar surface area (TPSA) is 60.1 Å². The normalized spacial score (nSPS) is 10.8. The van der Waals surface area contributed by atoms with Gasteiger partial charge in [-0.25, -0.2) is 0 Å². The number of fused-ring (bicyclic) bond motifs is 1. The lowest BCUT2D eigenvalue weighted by molar-refractivity contribution is -0.479. The highest BCUT2D eigenvalue weighted by Crippen LogP contribution is 2.20. The molecule has 2 rings (SSSR count). The second kappa shape index (κ2) is 6.22. The lowest BCUT2D eigenvalue weighted by Gasteiger charge is -2.07. The van der Waals surface area contributed by atoms with Gasteiger partial charge in [-0.05, 0) is 18.1 Å². The van der Waals surface area contributed by atoms with Crippen LogP contribution in [0, 0.1) is 10.1 Å². The molecular weight excluding hydrogens is 242 g/mol. The summed E-state index contributed by atoms with van der Waals surface area (Å²) in [5.74, 6) is 0. The smallest absolute Gasteiger partial charge is 0.207 e. The van der Waals surface area contributed by atoms with Crippen LogP contribution in [0.2, 0.25) is 0 Å². The van der Waals surface area contributed by atoms with Crippen molar-refractivity contribution in [2.24, 2.45) is 0 Å². The summed E-state index contributed by atoms with van der Waals surface area (Å²) in [6, 6.07) is 8.00. The number of hydrogen-bond acceptors (Lipinski definition) is 3. The number of para-hydroxylation sites is 1. The molecule has 102 valence electrons. The Morgan fingerprint density at radius 3 is 2.89 bits per heavy atom. The van der Waals surface area contributed by atoms with Crippen LogP contribution in [-0.2, 0) is 6.42 Å². The number of rotatable bonds is 7. The van der Waals surface area contributed by atoms with Gasteiger partial charge in [-0.2, -0.15) is 0 Å². The number of nitrogens with one attached hydrogen (secondary N) is 1. The third-order valence-electron chi connectivity index (χ3n) is 3.17. The lowest BCUT2D eigenvalue weighted by Crippen LogP contribution is -2.14. The number of hydrogen-bond donors (Lipinski definition) is 1. The molecule has 1 aromatic carbocycles. The van der Waals surface area contributed by atoms with Crippen LogP contribution in [0.15, 0.2) is 30.5 Å². The molecule has 0 bridgehead atoms. The Morgan fingerprint density at radius 1 is 1.37 bits per heavy atom. The predicted molar refractivity (Wildman–Crippen MR) is 76.6 cm³/mol. The molecule has 5 nitrogen and oxygen atoms in total. The van der Waals surface area contributed by atoms with Gasteiger partial charge in [-0.3, -0.25) is 14.8 Å². The molecule has 0 spiro atoms. The monoisotopic (exact) mass is 261 g/mol. The van der Waals surface area contributed by atoms with E-state index in [0.29, 0.717) is 6.42 Å². The van der Waals surface area contributed by atoms with Crippen molar-refractivity contribution in [3.63, 3.8) is 0 Å². The summed E-state index contributed by atoms with van der Waals surface area (Å²) in [6.45, 7) is 3.03. The van der Waals surface area contributed by atoms with Gasteiger partial charge >= 0.3 is 0 Å². The van der Waals surface area contributed by atoms with Crippen LogP contribution in [-0.4, -0.2) is 22.7 Å². The summed E-state index contributed by atoms with van der Waals surface area (Å²) in [6.07, 6.45) is 4.69. The first kappa shape index (κ1) is 13.4. The Labute approximate surface area is 112 Å². The molecule has 1 heterocycles. The largest absolute Gasteiger partial charge is 0.326 e. The molecule has 2 aromatic rings. The maximum atomic E-state index is 10.5. The quantitative estimate of drug-likeness (QED) is 0.473. The van der Waals surface area contributed by atoms with Gasteiger partial charge in [0.25, 0.3) is 0 Å². The molecule has 0 aliphatic carbocycles. The van der Waals surface area contributed by atoms with E-state index < -0.39 is 0 Å². The fraction of sp³-hybridized carbons (Fsp3) is 0.429. The number of aromatic nitrogens is 1. The van der Waals surface area contributed by atoms with E-state index in [0.717, 1.165) is 35.9 Å². The molecule has 0 fully saturated rings. The minimum atomic E-state index is -0.267. The van der Waals surface area contributed by atoms with Gasteiger partial charge in [0.1, 0.15) is 0 Å². The molecule has 0 radical (unpaired) electrons. The lowest BCUT2D eigenvalue weighted by atomic mass is 10.1. The molecule has 0 aliphatic rings. The molecule has 0 saturated heterocycles. The van der Waals surface area contributed by atoms with Crippen LogP contribution in [0.1, 0.15) is 25.3 Å². The summed E-state index contributed by atoms with van der Waals surface area (Å²) in [4.78, 5) is 10.2. The number of nitro groups is 1. The van der Waals surface area contributed by atoms with E-state index in [4.69, 9.17) is 0 Å². The fourth-order valence-electron chi connectivity index (χ4n) is 2.17. The molecule has 0 amide bonds. The molecule has 19 heavy (non-hydrogen) atoms. The van der Waals surface area contributed by atoms with Crippen molar-refractivity contribution < 1.29 is 4.92 Å². The zero-order chi connectivity index (χ0) is 13.7. The fourth-order valence-corrected chi connectivity index (χ4v) is 2.17. The number of unbranched alkanes of at least 4 members (excludes halogenated alkanes) is 1. The zero-order valence-electron chi connectivity index (χ0n) is 11.1. The van der Waals surface area contributed by atoms with Crippen molar-refractivity contribution in [1.29, 1.82) is 0 Å². The number of benzene rings is 1. The highest BCUT2D eigenvalue weighted by Gasteiger charge is 2.09. The average Bonchev–Trinajstić information content (AvgIpc) is 2.76. The van der Waals surface area contributed by atoms with Crippen molar-refractivity contribution in [1.82, 2.24) is 4.68 Å². The van der Waals surface area contributed by atoms with Gasteiger partial charge in [0, 0.05) is 29.5 Å². The summed E-state index contributed by atoms with van der Waals surface area (Å²) in [5.41, 5.74) is 5.45. The van der Waals surface area contributed by atoms with Crippen LogP contribution in [0.4, 0.5) is 0 Å². The van der Waals surface area contributed by atoms with Gasteiger partial charge in [-0.1, -0.05) is 31.5 Å². The minimum Gasteiger partial charge on any atom is -0.326 e. The van der Waals surface area contributed by atoms with E-state index in [-0.39, 0.29) is 11.5 Å². The molecule has 5 heteroatoms. The van der Waals surface area contributed by atoms with Crippen LogP contribution in [0.25, 0.3) is 10.9 Å². The Balaban J connectivity index is 2.23. The molecule has 0 unspecified atom stereocenters. The molecule has 1 aromatic heterocycles. The van der Waals surface area contributed by atoms with E-state index in [1.165, 1.54) is 0 Å². The molecule has 0 saturated carbocycles. The first-order valence-corrected chi connectivity index (χ1v) is 6.67. The second-order valence-corrected chi connectivity index (χ2v) is 4.61. The summed E-state index contributed by atoms with van der Waals surface area (Å²) in [5, 5.41) is 11.6. The third kappa shape index (κ3) is 3.24. The van der Waals surface area contributed by atoms with Crippen LogP contribution in [0.3, 0.4) is 0 Å². The maximum absolute atomic E-state index is 10.5. The Morgan fingerprint density at radius 2 is 2.16 bits per heavy atom. The second-order valence-electron chi connectivity index (χ2n) is 4.61. The third-order valence-corrected chi connectivity index (χ3v) is 3.17. The standard InChI is InChI=1S/C14H19N3O2/c1-2-3-9-15-16-11-12(8-10-17(18)19)13-6-4-5-7-14(13)16/h4-7,11,15H,2-3,8-10H2,1H3.